The second-order valence-corrected chi connectivity index (χ2v) is 5.52. The van der Waals surface area contributed by atoms with Crippen molar-refractivity contribution in [2.45, 2.75) is 38.0 Å². The van der Waals surface area contributed by atoms with Crippen LogP contribution in [0.5, 0.6) is 0 Å². The summed E-state index contributed by atoms with van der Waals surface area (Å²) in [6, 6.07) is 9.86. The van der Waals surface area contributed by atoms with Crippen LogP contribution >= 0.6 is 0 Å². The van der Waals surface area contributed by atoms with E-state index in [1.54, 1.807) is 5.48 Å². The van der Waals surface area contributed by atoms with Gasteiger partial charge in [-0.3, -0.25) is 15.1 Å². The molecule has 1 aromatic heterocycles. The van der Waals surface area contributed by atoms with Crippen LogP contribution in [0.2, 0.25) is 0 Å². The molecular weight excluding hydrogens is 266 g/mol. The number of hydrogen-bond acceptors (Lipinski definition) is 3. The number of carbonyl (C=O) groups excluding carboxylic acids is 1. The van der Waals surface area contributed by atoms with Gasteiger partial charge in [0.2, 0.25) is 5.91 Å². The highest BCUT2D eigenvalue weighted by molar-refractivity contribution is 5.80. The molecule has 3 rings (SSSR count). The number of carbonyl (C=O) groups is 1. The average molecular weight is 285 g/mol. The number of nitrogens with zero attached hydrogens (tertiary/aromatic N) is 1. The maximum atomic E-state index is 11.6. The van der Waals surface area contributed by atoms with Gasteiger partial charge >= 0.3 is 0 Å². The molecule has 1 amide bonds. The molecule has 1 heterocycles. The number of aromatic amines is 1. The number of hydrogen-bond donors (Lipinski definition) is 3. The molecule has 0 atom stereocenters. The van der Waals surface area contributed by atoms with Crippen molar-refractivity contribution in [1.29, 1.82) is 0 Å². The lowest BCUT2D eigenvalue weighted by Gasteiger charge is -2.10. The van der Waals surface area contributed by atoms with Gasteiger partial charge in [-0.2, -0.15) is 5.10 Å². The highest BCUT2D eigenvalue weighted by Crippen LogP contribution is 2.37. The van der Waals surface area contributed by atoms with Gasteiger partial charge in [-0.05, 0) is 18.4 Å². The van der Waals surface area contributed by atoms with E-state index in [1.165, 1.54) is 12.8 Å². The summed E-state index contributed by atoms with van der Waals surface area (Å²) in [6.45, 7) is 0. The minimum Gasteiger partial charge on any atom is -0.289 e. The number of hydroxylamine groups is 1. The van der Waals surface area contributed by atoms with E-state index in [0.717, 1.165) is 35.4 Å². The summed E-state index contributed by atoms with van der Waals surface area (Å²) in [5.74, 6) is 0.00744. The van der Waals surface area contributed by atoms with Crippen molar-refractivity contribution in [2.75, 3.05) is 0 Å². The first-order valence-corrected chi connectivity index (χ1v) is 7.35. The normalized spacial score (nSPS) is 15.3. The summed E-state index contributed by atoms with van der Waals surface area (Å²) in [4.78, 5) is 11.6. The van der Waals surface area contributed by atoms with Crippen LogP contribution in [-0.4, -0.2) is 21.3 Å². The van der Waals surface area contributed by atoms with Gasteiger partial charge in [0.25, 0.3) is 0 Å². The minimum absolute atomic E-state index is 0.142. The van der Waals surface area contributed by atoms with Gasteiger partial charge < -0.3 is 0 Å². The van der Waals surface area contributed by atoms with E-state index in [4.69, 9.17) is 5.21 Å². The van der Waals surface area contributed by atoms with Crippen LogP contribution in [0.25, 0.3) is 11.3 Å². The summed E-state index contributed by atoms with van der Waals surface area (Å²) >= 11 is 0. The van der Waals surface area contributed by atoms with Crippen molar-refractivity contribution in [3.05, 3.63) is 41.6 Å². The molecule has 0 saturated heterocycles. The van der Waals surface area contributed by atoms with Gasteiger partial charge in [-0.1, -0.05) is 43.2 Å². The van der Waals surface area contributed by atoms with Crippen LogP contribution in [0.1, 0.15) is 42.9 Å². The van der Waals surface area contributed by atoms with E-state index < -0.39 is 5.91 Å². The van der Waals surface area contributed by atoms with E-state index in [1.807, 2.05) is 30.3 Å². The van der Waals surface area contributed by atoms with Gasteiger partial charge in [-0.25, -0.2) is 5.48 Å². The van der Waals surface area contributed by atoms with E-state index in [2.05, 4.69) is 10.2 Å². The van der Waals surface area contributed by atoms with Gasteiger partial charge in [0.1, 0.15) is 0 Å². The molecule has 0 bridgehead atoms. The molecule has 3 N–H and O–H groups in total. The second-order valence-electron chi connectivity index (χ2n) is 5.52. The first-order chi connectivity index (χ1) is 10.3. The Kier molecular flexibility index (Phi) is 4.01. The smallest absolute Gasteiger partial charge is 0.247 e. The predicted octanol–water partition coefficient (Wildman–Crippen LogP) is 2.78. The Bertz CT molecular complexity index is 616. The third-order valence-electron chi connectivity index (χ3n) is 4.17. The fourth-order valence-corrected chi connectivity index (χ4v) is 3.14. The maximum absolute atomic E-state index is 11.6. The fraction of sp³-hybridized carbons (Fsp3) is 0.375. The number of benzene rings is 1. The Hall–Kier alpha value is -2.14. The highest BCUT2D eigenvalue weighted by atomic mass is 16.5. The zero-order chi connectivity index (χ0) is 14.7. The lowest BCUT2D eigenvalue weighted by molar-refractivity contribution is -0.128. The molecule has 5 nitrogen and oxygen atoms in total. The topological polar surface area (TPSA) is 78.0 Å². The molecule has 0 aliphatic heterocycles. The van der Waals surface area contributed by atoms with E-state index >= 15 is 0 Å². The van der Waals surface area contributed by atoms with Gasteiger partial charge in [0.05, 0.1) is 17.8 Å². The van der Waals surface area contributed by atoms with Crippen molar-refractivity contribution in [3.8, 4) is 11.3 Å². The largest absolute Gasteiger partial charge is 0.289 e. The zero-order valence-corrected chi connectivity index (χ0v) is 11.8. The monoisotopic (exact) mass is 285 g/mol. The molecular formula is C16H19N3O2. The van der Waals surface area contributed by atoms with Crippen molar-refractivity contribution >= 4 is 5.91 Å². The molecule has 1 aliphatic rings. The fourth-order valence-electron chi connectivity index (χ4n) is 3.14. The third-order valence-corrected chi connectivity index (χ3v) is 4.17. The molecule has 5 heteroatoms. The van der Waals surface area contributed by atoms with Crippen molar-refractivity contribution in [3.63, 3.8) is 0 Å². The number of aromatic nitrogens is 2. The van der Waals surface area contributed by atoms with Crippen molar-refractivity contribution < 1.29 is 10.0 Å². The van der Waals surface area contributed by atoms with Crippen LogP contribution in [0.15, 0.2) is 30.3 Å². The van der Waals surface area contributed by atoms with Crippen molar-refractivity contribution in [1.82, 2.24) is 15.7 Å². The van der Waals surface area contributed by atoms with Crippen molar-refractivity contribution in [2.24, 2.45) is 0 Å². The van der Waals surface area contributed by atoms with Crippen LogP contribution in [-0.2, 0) is 11.2 Å². The summed E-state index contributed by atoms with van der Waals surface area (Å²) in [6.07, 6.45) is 4.80. The Morgan fingerprint density at radius 2 is 2.00 bits per heavy atom. The quantitative estimate of drug-likeness (QED) is 0.597. The molecule has 1 saturated carbocycles. The number of rotatable bonds is 4. The van der Waals surface area contributed by atoms with E-state index in [0.29, 0.717) is 5.92 Å². The van der Waals surface area contributed by atoms with Gasteiger partial charge in [0.15, 0.2) is 0 Å². The van der Waals surface area contributed by atoms with Gasteiger partial charge in [-0.15, -0.1) is 0 Å². The minimum atomic E-state index is -0.409. The van der Waals surface area contributed by atoms with E-state index in [9.17, 15) is 4.79 Å². The zero-order valence-electron chi connectivity index (χ0n) is 11.8. The molecule has 1 fully saturated rings. The first-order valence-electron chi connectivity index (χ1n) is 7.35. The Morgan fingerprint density at radius 1 is 1.29 bits per heavy atom. The van der Waals surface area contributed by atoms with Crippen LogP contribution in [0.4, 0.5) is 0 Å². The summed E-state index contributed by atoms with van der Waals surface area (Å²) in [5.41, 5.74) is 5.49. The average Bonchev–Trinajstić information content (AvgIpc) is 3.17. The molecule has 0 unspecified atom stereocenters. The molecule has 0 spiro atoms. The molecule has 2 aromatic rings. The Balaban J connectivity index is 2.01. The van der Waals surface area contributed by atoms with Crippen LogP contribution in [0, 0.1) is 0 Å². The Morgan fingerprint density at radius 3 is 2.67 bits per heavy atom. The molecule has 1 aliphatic carbocycles. The highest BCUT2D eigenvalue weighted by Gasteiger charge is 2.26. The SMILES string of the molecule is O=C(Cc1c(C2CCCC2)n[nH]c1-c1ccccc1)NO. The summed E-state index contributed by atoms with van der Waals surface area (Å²) in [5, 5.41) is 16.4. The number of nitrogens with one attached hydrogen (secondary N) is 2. The van der Waals surface area contributed by atoms with E-state index in [-0.39, 0.29) is 6.42 Å². The van der Waals surface area contributed by atoms with Crippen LogP contribution in [0.3, 0.4) is 0 Å². The van der Waals surface area contributed by atoms with Crippen LogP contribution < -0.4 is 5.48 Å². The first kappa shape index (κ1) is 13.8. The molecule has 1 aromatic carbocycles. The maximum Gasteiger partial charge on any atom is 0.247 e. The summed E-state index contributed by atoms with van der Waals surface area (Å²) < 4.78 is 0. The lowest BCUT2D eigenvalue weighted by atomic mass is 9.95. The second kappa shape index (κ2) is 6.10. The summed E-state index contributed by atoms with van der Waals surface area (Å²) in [7, 11) is 0. The predicted molar refractivity (Wildman–Crippen MR) is 78.9 cm³/mol. The number of amides is 1. The Labute approximate surface area is 123 Å². The number of H-pyrrole nitrogens is 1. The molecule has 110 valence electrons. The lowest BCUT2D eigenvalue weighted by Crippen LogP contribution is -2.21. The molecule has 0 radical (unpaired) electrons. The van der Waals surface area contributed by atoms with Gasteiger partial charge in [0, 0.05) is 11.5 Å². The third kappa shape index (κ3) is 2.83. The standard InChI is InChI=1S/C16H19N3O2/c20-14(19-21)10-13-15(11-6-2-1-3-7-11)17-18-16(13)12-8-4-5-9-12/h1-3,6-7,12,21H,4-5,8-10H2,(H,17,18)(H,19,20). The molecule has 21 heavy (non-hydrogen) atoms.